The maximum absolute atomic E-state index is 12.3. The van der Waals surface area contributed by atoms with Crippen LogP contribution in [-0.2, 0) is 14.8 Å². The van der Waals surface area contributed by atoms with Crippen LogP contribution in [0, 0.1) is 23.2 Å². The summed E-state index contributed by atoms with van der Waals surface area (Å²) in [5.41, 5.74) is 0. The molecule has 0 aromatic carbocycles. The van der Waals surface area contributed by atoms with Crippen molar-refractivity contribution in [3.05, 3.63) is 0 Å². The van der Waals surface area contributed by atoms with E-state index in [1.807, 2.05) is 6.07 Å². The highest BCUT2D eigenvalue weighted by molar-refractivity contribution is 7.89. The normalized spacial score (nSPS) is 25.9. The van der Waals surface area contributed by atoms with Crippen LogP contribution >= 0.6 is 0 Å². The van der Waals surface area contributed by atoms with Gasteiger partial charge in [0.25, 0.3) is 0 Å². The van der Waals surface area contributed by atoms with Crippen LogP contribution in [-0.4, -0.2) is 42.6 Å². The number of hydrogen-bond donors (Lipinski definition) is 1. The molecule has 0 heterocycles. The second-order valence-corrected chi connectivity index (χ2v) is 7.03. The largest absolute Gasteiger partial charge is 0.481 e. The van der Waals surface area contributed by atoms with E-state index in [0.717, 1.165) is 4.31 Å². The lowest BCUT2D eigenvalue weighted by Gasteiger charge is -2.24. The Morgan fingerprint density at radius 2 is 2.17 bits per heavy atom. The first-order chi connectivity index (χ1) is 8.30. The number of nitriles is 1. The van der Waals surface area contributed by atoms with Crippen molar-refractivity contribution in [2.45, 2.75) is 31.4 Å². The number of carboxylic acids is 1. The maximum atomic E-state index is 12.3. The quantitative estimate of drug-likeness (QED) is 0.794. The van der Waals surface area contributed by atoms with Crippen molar-refractivity contribution >= 4 is 16.0 Å². The maximum Gasteiger partial charge on any atom is 0.307 e. The molecule has 0 aromatic heterocycles. The summed E-state index contributed by atoms with van der Waals surface area (Å²) >= 11 is 0. The Labute approximate surface area is 107 Å². The van der Waals surface area contributed by atoms with Gasteiger partial charge in [-0.05, 0) is 19.8 Å². The second kappa shape index (κ2) is 5.67. The van der Waals surface area contributed by atoms with Gasteiger partial charge in [0.05, 0.1) is 23.2 Å². The van der Waals surface area contributed by atoms with E-state index in [1.165, 1.54) is 7.05 Å². The Bertz CT molecular complexity index is 454. The number of aliphatic carboxylic acids is 1. The Morgan fingerprint density at radius 1 is 1.56 bits per heavy atom. The van der Waals surface area contributed by atoms with Crippen molar-refractivity contribution < 1.29 is 18.3 Å². The molecule has 6 nitrogen and oxygen atoms in total. The minimum atomic E-state index is -3.64. The average Bonchev–Trinajstić information content (AvgIpc) is 2.78. The lowest BCUT2D eigenvalue weighted by Crippen LogP contribution is -2.41. The van der Waals surface area contributed by atoms with Gasteiger partial charge in [0.15, 0.2) is 0 Å². The van der Waals surface area contributed by atoms with Gasteiger partial charge in [-0.3, -0.25) is 4.79 Å². The highest BCUT2D eigenvalue weighted by Crippen LogP contribution is 2.32. The van der Waals surface area contributed by atoms with E-state index in [-0.39, 0.29) is 6.54 Å². The zero-order valence-corrected chi connectivity index (χ0v) is 11.4. The predicted octanol–water partition coefficient (Wildman–Crippen LogP) is 0.661. The zero-order chi connectivity index (χ0) is 13.9. The highest BCUT2D eigenvalue weighted by Gasteiger charge is 2.43. The molecule has 1 aliphatic carbocycles. The molecule has 0 aliphatic heterocycles. The fourth-order valence-corrected chi connectivity index (χ4v) is 4.35. The van der Waals surface area contributed by atoms with E-state index >= 15 is 0 Å². The van der Waals surface area contributed by atoms with Crippen molar-refractivity contribution in [1.29, 1.82) is 5.26 Å². The van der Waals surface area contributed by atoms with Crippen LogP contribution in [0.2, 0.25) is 0 Å². The first-order valence-electron chi connectivity index (χ1n) is 5.88. The summed E-state index contributed by atoms with van der Waals surface area (Å²) in [6.07, 6.45) is 1.40. The zero-order valence-electron chi connectivity index (χ0n) is 10.5. The van der Waals surface area contributed by atoms with Crippen molar-refractivity contribution in [2.24, 2.45) is 11.8 Å². The molecular formula is C11H18N2O4S. The molecule has 0 amide bonds. The molecule has 102 valence electrons. The third kappa shape index (κ3) is 3.00. The molecule has 0 aromatic rings. The third-order valence-electron chi connectivity index (χ3n) is 3.34. The van der Waals surface area contributed by atoms with Gasteiger partial charge < -0.3 is 5.11 Å². The van der Waals surface area contributed by atoms with Gasteiger partial charge in [-0.2, -0.15) is 5.26 Å². The van der Waals surface area contributed by atoms with Crippen LogP contribution in [0.15, 0.2) is 0 Å². The average molecular weight is 274 g/mol. The van der Waals surface area contributed by atoms with Gasteiger partial charge in [0, 0.05) is 13.6 Å². The second-order valence-electron chi connectivity index (χ2n) is 4.77. The molecule has 1 N–H and O–H groups in total. The molecule has 7 heteroatoms. The topological polar surface area (TPSA) is 98.5 Å². The van der Waals surface area contributed by atoms with Gasteiger partial charge >= 0.3 is 5.97 Å². The molecule has 1 aliphatic rings. The molecule has 18 heavy (non-hydrogen) atoms. The Morgan fingerprint density at radius 3 is 2.67 bits per heavy atom. The van der Waals surface area contributed by atoms with Crippen LogP contribution < -0.4 is 0 Å². The molecule has 0 saturated heterocycles. The highest BCUT2D eigenvalue weighted by atomic mass is 32.2. The van der Waals surface area contributed by atoms with Crippen molar-refractivity contribution in [3.8, 4) is 6.07 Å². The summed E-state index contributed by atoms with van der Waals surface area (Å²) in [4.78, 5) is 11.0. The molecule has 3 unspecified atom stereocenters. The van der Waals surface area contributed by atoms with Crippen molar-refractivity contribution in [1.82, 2.24) is 4.31 Å². The lowest BCUT2D eigenvalue weighted by molar-refractivity contribution is -0.141. The van der Waals surface area contributed by atoms with Gasteiger partial charge in [0.1, 0.15) is 0 Å². The fraction of sp³-hybridized carbons (Fsp3) is 0.818. The standard InChI is InChI=1S/C11H18N2O4S/c1-8(6-12)7-13(2)18(16,17)10-5-3-4-9(10)11(14)15/h8-10H,3-5,7H2,1-2H3,(H,14,15). The van der Waals surface area contributed by atoms with Crippen molar-refractivity contribution in [2.75, 3.05) is 13.6 Å². The number of rotatable bonds is 5. The summed E-state index contributed by atoms with van der Waals surface area (Å²) in [7, 11) is -2.23. The van der Waals surface area contributed by atoms with Crippen LogP contribution in [0.4, 0.5) is 0 Å². The number of nitrogens with zero attached hydrogens (tertiary/aromatic N) is 2. The van der Waals surface area contributed by atoms with Gasteiger partial charge in [-0.15, -0.1) is 0 Å². The Balaban J connectivity index is 2.86. The summed E-state index contributed by atoms with van der Waals surface area (Å²) in [6, 6.07) is 1.97. The number of carboxylic acid groups (broad SMARTS) is 1. The van der Waals surface area contributed by atoms with Gasteiger partial charge in [0.2, 0.25) is 10.0 Å². The number of carbonyl (C=O) groups is 1. The van der Waals surface area contributed by atoms with Crippen LogP contribution in [0.5, 0.6) is 0 Å². The Hall–Kier alpha value is -1.13. The monoisotopic (exact) mass is 274 g/mol. The summed E-state index contributed by atoms with van der Waals surface area (Å²) < 4.78 is 25.6. The number of hydrogen-bond acceptors (Lipinski definition) is 4. The minimum Gasteiger partial charge on any atom is -0.481 e. The van der Waals surface area contributed by atoms with E-state index in [1.54, 1.807) is 6.92 Å². The molecule has 1 rings (SSSR count). The minimum absolute atomic E-state index is 0.0989. The fourth-order valence-electron chi connectivity index (χ4n) is 2.33. The predicted molar refractivity (Wildman–Crippen MR) is 65.1 cm³/mol. The van der Waals surface area contributed by atoms with Gasteiger partial charge in [-0.1, -0.05) is 6.42 Å². The molecule has 1 saturated carbocycles. The van der Waals surface area contributed by atoms with Gasteiger partial charge in [-0.25, -0.2) is 12.7 Å². The van der Waals surface area contributed by atoms with Crippen LogP contribution in [0.25, 0.3) is 0 Å². The van der Waals surface area contributed by atoms with Crippen molar-refractivity contribution in [3.63, 3.8) is 0 Å². The van der Waals surface area contributed by atoms with E-state index in [0.29, 0.717) is 19.3 Å². The van der Waals surface area contributed by atoms with E-state index in [9.17, 15) is 13.2 Å². The molecule has 0 radical (unpaired) electrons. The number of sulfonamides is 1. The molecule has 1 fully saturated rings. The SMILES string of the molecule is CC(C#N)CN(C)S(=O)(=O)C1CCCC1C(=O)O. The molecular weight excluding hydrogens is 256 g/mol. The molecule has 0 bridgehead atoms. The van der Waals surface area contributed by atoms with Crippen LogP contribution in [0.1, 0.15) is 26.2 Å². The van der Waals surface area contributed by atoms with E-state index in [2.05, 4.69) is 0 Å². The summed E-state index contributed by atoms with van der Waals surface area (Å²) in [5, 5.41) is 16.9. The summed E-state index contributed by atoms with van der Waals surface area (Å²) in [6.45, 7) is 1.73. The summed E-state index contributed by atoms with van der Waals surface area (Å²) in [5.74, 6) is -2.29. The smallest absolute Gasteiger partial charge is 0.307 e. The van der Waals surface area contributed by atoms with E-state index in [4.69, 9.17) is 10.4 Å². The third-order valence-corrected chi connectivity index (χ3v) is 5.69. The Kier molecular flexibility index (Phi) is 4.71. The van der Waals surface area contributed by atoms with Crippen LogP contribution in [0.3, 0.4) is 0 Å². The molecule has 0 spiro atoms. The molecule has 3 atom stereocenters. The first kappa shape index (κ1) is 14.9. The first-order valence-corrected chi connectivity index (χ1v) is 7.38. The lowest BCUT2D eigenvalue weighted by atomic mass is 10.1. The van der Waals surface area contributed by atoms with E-state index < -0.39 is 33.1 Å².